The minimum atomic E-state index is 0.669. The predicted octanol–water partition coefficient (Wildman–Crippen LogP) is 3.37. The van der Waals surface area contributed by atoms with Crippen molar-refractivity contribution in [2.75, 3.05) is 6.54 Å². The summed E-state index contributed by atoms with van der Waals surface area (Å²) >= 11 is 0. The maximum absolute atomic E-state index is 3.78. The molecule has 0 saturated heterocycles. The van der Waals surface area contributed by atoms with Crippen LogP contribution in [0.2, 0.25) is 0 Å². The Morgan fingerprint density at radius 1 is 1.27 bits per heavy atom. The van der Waals surface area contributed by atoms with Crippen LogP contribution in [0.4, 0.5) is 0 Å². The Kier molecular flexibility index (Phi) is 3.85. The van der Waals surface area contributed by atoms with Gasteiger partial charge in [0.1, 0.15) is 0 Å². The van der Waals surface area contributed by atoms with Crippen LogP contribution in [0, 0.1) is 17.8 Å². The Morgan fingerprint density at radius 3 is 2.33 bits per heavy atom. The monoisotopic (exact) mass is 207 g/mol. The van der Waals surface area contributed by atoms with E-state index in [1.807, 2.05) is 6.08 Å². The van der Waals surface area contributed by atoms with Gasteiger partial charge in [0, 0.05) is 6.04 Å². The Balaban J connectivity index is 1.63. The molecule has 0 amide bonds. The normalized spacial score (nSPS) is 23.1. The molecule has 2 aliphatic rings. The van der Waals surface area contributed by atoms with Crippen LogP contribution in [0.3, 0.4) is 0 Å². The van der Waals surface area contributed by atoms with E-state index >= 15 is 0 Å². The van der Waals surface area contributed by atoms with Gasteiger partial charge >= 0.3 is 0 Å². The molecule has 0 bridgehead atoms. The van der Waals surface area contributed by atoms with Crippen LogP contribution >= 0.6 is 0 Å². The van der Waals surface area contributed by atoms with Crippen LogP contribution < -0.4 is 5.32 Å². The van der Waals surface area contributed by atoms with E-state index < -0.39 is 0 Å². The van der Waals surface area contributed by atoms with Crippen molar-refractivity contribution in [2.24, 2.45) is 17.8 Å². The lowest BCUT2D eigenvalue weighted by Crippen LogP contribution is -2.32. The van der Waals surface area contributed by atoms with Gasteiger partial charge in [-0.25, -0.2) is 0 Å². The Morgan fingerprint density at radius 2 is 1.87 bits per heavy atom. The zero-order valence-electron chi connectivity index (χ0n) is 10.0. The predicted molar refractivity (Wildman–Crippen MR) is 65.8 cm³/mol. The first-order valence-corrected chi connectivity index (χ1v) is 6.65. The highest BCUT2D eigenvalue weighted by Crippen LogP contribution is 2.48. The van der Waals surface area contributed by atoms with Crippen LogP contribution in [0.15, 0.2) is 12.7 Å². The molecule has 86 valence electrons. The molecule has 1 nitrogen and oxygen atoms in total. The van der Waals surface area contributed by atoms with Crippen molar-refractivity contribution in [2.45, 2.75) is 51.5 Å². The third-order valence-electron chi connectivity index (χ3n) is 3.96. The summed E-state index contributed by atoms with van der Waals surface area (Å²) in [6.07, 6.45) is 10.4. The molecule has 0 aromatic rings. The molecule has 0 heterocycles. The van der Waals surface area contributed by atoms with Crippen molar-refractivity contribution >= 4 is 0 Å². The van der Waals surface area contributed by atoms with Gasteiger partial charge in [0.05, 0.1) is 0 Å². The summed E-state index contributed by atoms with van der Waals surface area (Å²) in [6, 6.07) is 0.669. The summed E-state index contributed by atoms with van der Waals surface area (Å²) < 4.78 is 0. The van der Waals surface area contributed by atoms with Crippen molar-refractivity contribution in [1.82, 2.24) is 5.32 Å². The fourth-order valence-corrected chi connectivity index (χ4v) is 2.57. The Bertz CT molecular complexity index is 191. The average Bonchev–Trinajstić information content (AvgIpc) is 3.05. The maximum atomic E-state index is 3.78. The van der Waals surface area contributed by atoms with Crippen LogP contribution in [0.25, 0.3) is 0 Å². The molecule has 1 atom stereocenters. The van der Waals surface area contributed by atoms with Crippen LogP contribution in [-0.4, -0.2) is 12.6 Å². The summed E-state index contributed by atoms with van der Waals surface area (Å²) in [6.45, 7) is 7.35. The third-order valence-corrected chi connectivity index (χ3v) is 3.96. The van der Waals surface area contributed by atoms with Crippen LogP contribution in [0.1, 0.15) is 45.4 Å². The van der Waals surface area contributed by atoms with E-state index in [2.05, 4.69) is 18.8 Å². The lowest BCUT2D eigenvalue weighted by molar-refractivity contribution is 0.355. The summed E-state index contributed by atoms with van der Waals surface area (Å²) in [5, 5.41) is 3.71. The second kappa shape index (κ2) is 5.16. The molecule has 1 N–H and O–H groups in total. The van der Waals surface area contributed by atoms with E-state index in [-0.39, 0.29) is 0 Å². The fraction of sp³-hybridized carbons (Fsp3) is 0.857. The maximum Gasteiger partial charge on any atom is 0.00417 e. The lowest BCUT2D eigenvalue weighted by atomic mass is 9.97. The fourth-order valence-electron chi connectivity index (χ4n) is 2.57. The van der Waals surface area contributed by atoms with Gasteiger partial charge in [0.25, 0.3) is 0 Å². The molecule has 0 aliphatic heterocycles. The van der Waals surface area contributed by atoms with Crippen molar-refractivity contribution < 1.29 is 0 Å². The molecule has 0 aromatic heterocycles. The van der Waals surface area contributed by atoms with Crippen LogP contribution in [-0.2, 0) is 0 Å². The molecule has 2 fully saturated rings. The number of rotatable bonds is 8. The molecule has 1 heteroatoms. The van der Waals surface area contributed by atoms with Gasteiger partial charge in [-0.05, 0) is 69.7 Å². The van der Waals surface area contributed by atoms with Gasteiger partial charge in [-0.2, -0.15) is 0 Å². The number of allylic oxidation sites excluding steroid dienone is 1. The minimum Gasteiger partial charge on any atom is -0.314 e. The average molecular weight is 207 g/mol. The highest BCUT2D eigenvalue weighted by Gasteiger charge is 2.40. The smallest absolute Gasteiger partial charge is 0.00417 e. The second-order valence-corrected chi connectivity index (χ2v) is 5.51. The van der Waals surface area contributed by atoms with Gasteiger partial charge in [0.2, 0.25) is 0 Å². The highest BCUT2D eigenvalue weighted by atomic mass is 14.9. The van der Waals surface area contributed by atoms with Gasteiger partial charge in [-0.1, -0.05) is 6.08 Å². The minimum absolute atomic E-state index is 0.669. The lowest BCUT2D eigenvalue weighted by Gasteiger charge is -2.20. The molecule has 1 unspecified atom stereocenters. The molecule has 2 saturated carbocycles. The van der Waals surface area contributed by atoms with Gasteiger partial charge < -0.3 is 5.32 Å². The van der Waals surface area contributed by atoms with E-state index in [4.69, 9.17) is 0 Å². The highest BCUT2D eigenvalue weighted by molar-refractivity contribution is 4.92. The van der Waals surface area contributed by atoms with Gasteiger partial charge in [0.15, 0.2) is 0 Å². The van der Waals surface area contributed by atoms with Crippen molar-refractivity contribution in [3.63, 3.8) is 0 Å². The zero-order valence-corrected chi connectivity index (χ0v) is 10.0. The SMILES string of the molecule is C=CCCC(C)NCC(C1CC1)C1CC1. The number of nitrogens with one attached hydrogen (secondary N) is 1. The first kappa shape index (κ1) is 11.2. The first-order chi connectivity index (χ1) is 7.31. The summed E-state index contributed by atoms with van der Waals surface area (Å²) in [7, 11) is 0. The van der Waals surface area contributed by atoms with Gasteiger partial charge in [-0.3, -0.25) is 0 Å². The molecule has 2 rings (SSSR count). The molecule has 0 radical (unpaired) electrons. The first-order valence-electron chi connectivity index (χ1n) is 6.65. The Hall–Kier alpha value is -0.300. The second-order valence-electron chi connectivity index (χ2n) is 5.51. The molecular weight excluding hydrogens is 182 g/mol. The summed E-state index contributed by atoms with van der Waals surface area (Å²) in [5.41, 5.74) is 0. The van der Waals surface area contributed by atoms with E-state index in [0.29, 0.717) is 6.04 Å². The summed E-state index contributed by atoms with van der Waals surface area (Å²) in [5.74, 6) is 3.17. The number of hydrogen-bond donors (Lipinski definition) is 1. The van der Waals surface area contributed by atoms with E-state index in [1.165, 1.54) is 38.6 Å². The number of hydrogen-bond acceptors (Lipinski definition) is 1. The van der Waals surface area contributed by atoms with Crippen LogP contribution in [0.5, 0.6) is 0 Å². The topological polar surface area (TPSA) is 12.0 Å². The quantitative estimate of drug-likeness (QED) is 0.602. The van der Waals surface area contributed by atoms with Gasteiger partial charge in [-0.15, -0.1) is 6.58 Å². The van der Waals surface area contributed by atoms with Crippen molar-refractivity contribution in [1.29, 1.82) is 0 Å². The van der Waals surface area contributed by atoms with E-state index in [1.54, 1.807) is 0 Å². The Labute approximate surface area is 94.3 Å². The molecular formula is C14H25N. The summed E-state index contributed by atoms with van der Waals surface area (Å²) in [4.78, 5) is 0. The van der Waals surface area contributed by atoms with Crippen molar-refractivity contribution in [3.8, 4) is 0 Å². The largest absolute Gasteiger partial charge is 0.314 e. The van der Waals surface area contributed by atoms with E-state index in [0.717, 1.165) is 24.2 Å². The molecule has 0 spiro atoms. The van der Waals surface area contributed by atoms with E-state index in [9.17, 15) is 0 Å². The zero-order chi connectivity index (χ0) is 10.7. The standard InChI is InChI=1S/C14H25N/c1-3-4-5-11(2)15-10-14(12-6-7-12)13-8-9-13/h3,11-15H,1,4-10H2,2H3. The van der Waals surface area contributed by atoms with Crippen molar-refractivity contribution in [3.05, 3.63) is 12.7 Å². The molecule has 15 heavy (non-hydrogen) atoms. The molecule has 0 aromatic carbocycles. The third kappa shape index (κ3) is 3.64. The molecule has 2 aliphatic carbocycles.